The van der Waals surface area contributed by atoms with Crippen molar-refractivity contribution in [1.29, 1.82) is 0 Å². The van der Waals surface area contributed by atoms with Gasteiger partial charge in [0.15, 0.2) is 0 Å². The zero-order valence-corrected chi connectivity index (χ0v) is 12.3. The fraction of sp³-hybridized carbons (Fsp3) is 0.933. The van der Waals surface area contributed by atoms with Gasteiger partial charge in [0.25, 0.3) is 0 Å². The van der Waals surface area contributed by atoms with Gasteiger partial charge in [-0.15, -0.1) is 0 Å². The van der Waals surface area contributed by atoms with E-state index in [4.69, 9.17) is 0 Å². The van der Waals surface area contributed by atoms with Crippen LogP contribution in [-0.2, 0) is 4.79 Å². The molecule has 3 aliphatic rings. The van der Waals surface area contributed by atoms with E-state index in [-0.39, 0.29) is 11.6 Å². The summed E-state index contributed by atoms with van der Waals surface area (Å²) in [5.41, 5.74) is 0.261. The van der Waals surface area contributed by atoms with Crippen LogP contribution in [0, 0.1) is 0 Å². The standard InChI is InChI=1S/C15H27N3O/c1-17(2)15(8-4-9-15)11-18-10-3-5-13(14(18)19)16-12-6-7-12/h12-13,16H,3-11H2,1-2H3. The molecule has 1 aliphatic heterocycles. The molecule has 2 aliphatic carbocycles. The molecule has 0 spiro atoms. The molecule has 1 unspecified atom stereocenters. The lowest BCUT2D eigenvalue weighted by Crippen LogP contribution is -2.61. The first-order valence-electron chi connectivity index (χ1n) is 7.83. The van der Waals surface area contributed by atoms with Gasteiger partial charge in [0.2, 0.25) is 5.91 Å². The number of hydrogen-bond donors (Lipinski definition) is 1. The SMILES string of the molecule is CN(C)C1(CN2CCCC(NC3CC3)C2=O)CCC1. The van der Waals surface area contributed by atoms with Gasteiger partial charge in [-0.2, -0.15) is 0 Å². The summed E-state index contributed by atoms with van der Waals surface area (Å²) in [7, 11) is 4.32. The first kappa shape index (κ1) is 13.4. The van der Waals surface area contributed by atoms with Crippen LogP contribution in [0.4, 0.5) is 0 Å². The van der Waals surface area contributed by atoms with Gasteiger partial charge >= 0.3 is 0 Å². The van der Waals surface area contributed by atoms with Crippen molar-refractivity contribution in [2.45, 2.75) is 62.6 Å². The highest BCUT2D eigenvalue weighted by Gasteiger charge is 2.43. The van der Waals surface area contributed by atoms with Crippen molar-refractivity contribution in [2.24, 2.45) is 0 Å². The minimum Gasteiger partial charge on any atom is -0.339 e. The molecule has 4 nitrogen and oxygen atoms in total. The third-order valence-electron chi connectivity index (χ3n) is 5.26. The summed E-state index contributed by atoms with van der Waals surface area (Å²) in [5.74, 6) is 0.353. The molecule has 0 bridgehead atoms. The van der Waals surface area contributed by atoms with Gasteiger partial charge < -0.3 is 15.1 Å². The molecule has 1 saturated heterocycles. The Labute approximate surface area is 116 Å². The average Bonchev–Trinajstić information content (AvgIpc) is 3.11. The largest absolute Gasteiger partial charge is 0.339 e. The normalized spacial score (nSPS) is 30.6. The lowest BCUT2D eigenvalue weighted by molar-refractivity contribution is -0.139. The summed E-state index contributed by atoms with van der Waals surface area (Å²) in [6, 6.07) is 0.723. The Morgan fingerprint density at radius 1 is 1.26 bits per heavy atom. The average molecular weight is 265 g/mol. The van der Waals surface area contributed by atoms with Crippen LogP contribution in [0.5, 0.6) is 0 Å². The van der Waals surface area contributed by atoms with Crippen LogP contribution in [0.15, 0.2) is 0 Å². The molecule has 108 valence electrons. The van der Waals surface area contributed by atoms with E-state index in [2.05, 4.69) is 29.2 Å². The van der Waals surface area contributed by atoms with Crippen LogP contribution in [-0.4, -0.2) is 60.5 Å². The van der Waals surface area contributed by atoms with Gasteiger partial charge in [0.1, 0.15) is 0 Å². The number of carbonyl (C=O) groups excluding carboxylic acids is 1. The van der Waals surface area contributed by atoms with E-state index in [1.807, 2.05) is 0 Å². The first-order chi connectivity index (χ1) is 9.11. The number of piperidine rings is 1. The van der Waals surface area contributed by atoms with Crippen LogP contribution in [0.25, 0.3) is 0 Å². The predicted molar refractivity (Wildman–Crippen MR) is 76.0 cm³/mol. The highest BCUT2D eigenvalue weighted by atomic mass is 16.2. The molecule has 1 heterocycles. The molecular formula is C15H27N3O. The summed E-state index contributed by atoms with van der Waals surface area (Å²) in [4.78, 5) is 17.0. The van der Waals surface area contributed by atoms with E-state index in [1.54, 1.807) is 0 Å². The number of hydrogen-bond acceptors (Lipinski definition) is 3. The van der Waals surface area contributed by atoms with Gasteiger partial charge in [-0.1, -0.05) is 0 Å². The summed E-state index contributed by atoms with van der Waals surface area (Å²) in [6.45, 7) is 1.89. The Bertz CT molecular complexity index is 347. The molecule has 0 aromatic rings. The number of carbonyl (C=O) groups is 1. The number of rotatable bonds is 5. The molecule has 19 heavy (non-hydrogen) atoms. The molecule has 1 N–H and O–H groups in total. The topological polar surface area (TPSA) is 35.6 Å². The van der Waals surface area contributed by atoms with Crippen LogP contribution < -0.4 is 5.32 Å². The van der Waals surface area contributed by atoms with E-state index in [0.717, 1.165) is 25.9 Å². The molecule has 0 aromatic heterocycles. The highest BCUT2D eigenvalue weighted by Crippen LogP contribution is 2.37. The minimum atomic E-state index is 0.0977. The van der Waals surface area contributed by atoms with Gasteiger partial charge in [0.05, 0.1) is 6.04 Å². The Kier molecular flexibility index (Phi) is 3.56. The number of amides is 1. The smallest absolute Gasteiger partial charge is 0.239 e. The third-order valence-corrected chi connectivity index (χ3v) is 5.26. The maximum atomic E-state index is 12.6. The summed E-state index contributed by atoms with van der Waals surface area (Å²) in [5, 5.41) is 3.52. The molecule has 1 amide bonds. The van der Waals surface area contributed by atoms with Gasteiger partial charge in [-0.05, 0) is 59.0 Å². The van der Waals surface area contributed by atoms with E-state index < -0.39 is 0 Å². The Morgan fingerprint density at radius 3 is 2.53 bits per heavy atom. The summed E-state index contributed by atoms with van der Waals surface area (Å²) in [6.07, 6.45) is 8.48. The van der Waals surface area contributed by atoms with E-state index in [0.29, 0.717) is 11.9 Å². The number of nitrogens with zero attached hydrogens (tertiary/aromatic N) is 2. The summed E-state index contributed by atoms with van der Waals surface area (Å²) >= 11 is 0. The van der Waals surface area contributed by atoms with Gasteiger partial charge in [-0.25, -0.2) is 0 Å². The molecule has 1 atom stereocenters. The molecule has 0 aromatic carbocycles. The minimum absolute atomic E-state index is 0.0977. The number of likely N-dealkylation sites (N-methyl/N-ethyl adjacent to an activating group) is 1. The zero-order chi connectivity index (χ0) is 13.5. The number of nitrogens with one attached hydrogen (secondary N) is 1. The lowest BCUT2D eigenvalue weighted by atomic mass is 9.75. The van der Waals surface area contributed by atoms with Gasteiger partial charge in [-0.3, -0.25) is 4.79 Å². The van der Waals surface area contributed by atoms with Crippen molar-refractivity contribution in [3.63, 3.8) is 0 Å². The van der Waals surface area contributed by atoms with Crippen LogP contribution in [0.3, 0.4) is 0 Å². The van der Waals surface area contributed by atoms with E-state index in [1.165, 1.54) is 32.1 Å². The van der Waals surface area contributed by atoms with Crippen molar-refractivity contribution in [3.05, 3.63) is 0 Å². The van der Waals surface area contributed by atoms with Crippen LogP contribution in [0.1, 0.15) is 44.9 Å². The van der Waals surface area contributed by atoms with Gasteiger partial charge in [0, 0.05) is 24.7 Å². The maximum Gasteiger partial charge on any atom is 0.239 e. The van der Waals surface area contributed by atoms with E-state index >= 15 is 0 Å². The molecule has 2 saturated carbocycles. The maximum absolute atomic E-state index is 12.6. The second-order valence-corrected chi connectivity index (χ2v) is 6.87. The van der Waals surface area contributed by atoms with Crippen molar-refractivity contribution in [3.8, 4) is 0 Å². The quantitative estimate of drug-likeness (QED) is 0.812. The molecular weight excluding hydrogens is 238 g/mol. The molecule has 0 radical (unpaired) electrons. The van der Waals surface area contributed by atoms with E-state index in [9.17, 15) is 4.79 Å². The highest BCUT2D eigenvalue weighted by molar-refractivity contribution is 5.82. The second kappa shape index (κ2) is 5.06. The monoisotopic (exact) mass is 265 g/mol. The number of likely N-dealkylation sites (tertiary alicyclic amines) is 1. The van der Waals surface area contributed by atoms with Crippen LogP contribution in [0.2, 0.25) is 0 Å². The van der Waals surface area contributed by atoms with Crippen molar-refractivity contribution in [2.75, 3.05) is 27.2 Å². The lowest BCUT2D eigenvalue weighted by Gasteiger charge is -2.50. The molecule has 3 fully saturated rings. The third kappa shape index (κ3) is 2.65. The Morgan fingerprint density at radius 2 is 2.00 bits per heavy atom. The Balaban J connectivity index is 1.61. The summed E-state index contributed by atoms with van der Waals surface area (Å²) < 4.78 is 0. The Hall–Kier alpha value is -0.610. The van der Waals surface area contributed by atoms with Crippen molar-refractivity contribution in [1.82, 2.24) is 15.1 Å². The van der Waals surface area contributed by atoms with Crippen LogP contribution >= 0.6 is 0 Å². The van der Waals surface area contributed by atoms with Crippen molar-refractivity contribution >= 4 is 5.91 Å². The fourth-order valence-electron chi connectivity index (χ4n) is 3.47. The zero-order valence-electron chi connectivity index (χ0n) is 12.3. The first-order valence-corrected chi connectivity index (χ1v) is 7.83. The second-order valence-electron chi connectivity index (χ2n) is 6.87. The predicted octanol–water partition coefficient (Wildman–Crippen LogP) is 1.21. The van der Waals surface area contributed by atoms with Crippen molar-refractivity contribution < 1.29 is 4.79 Å². The molecule has 4 heteroatoms. The fourth-order valence-corrected chi connectivity index (χ4v) is 3.47. The molecule has 3 rings (SSSR count).